The van der Waals surface area contributed by atoms with Gasteiger partial charge in [0.2, 0.25) is 0 Å². The third-order valence-electron chi connectivity index (χ3n) is 1.96. The smallest absolute Gasteiger partial charge is 0.314 e. The third kappa shape index (κ3) is 2.39. The molecule has 0 amide bonds. The van der Waals surface area contributed by atoms with Crippen molar-refractivity contribution in [3.63, 3.8) is 0 Å². The highest BCUT2D eigenvalue weighted by molar-refractivity contribution is 5.85. The van der Waals surface area contributed by atoms with Gasteiger partial charge in [0.25, 0.3) is 0 Å². The highest BCUT2D eigenvalue weighted by Crippen LogP contribution is 2.35. The Morgan fingerprint density at radius 1 is 1.07 bits per heavy atom. The lowest BCUT2D eigenvalue weighted by Crippen LogP contribution is -2.47. The molecule has 0 bridgehead atoms. The monoisotopic (exact) mass is 225 g/mol. The molecule has 5 heteroatoms. The third-order valence-corrected chi connectivity index (χ3v) is 1.96. The van der Waals surface area contributed by atoms with Crippen LogP contribution in [0.2, 0.25) is 0 Å². The van der Waals surface area contributed by atoms with Gasteiger partial charge in [0.05, 0.1) is 0 Å². The van der Waals surface area contributed by atoms with Crippen LogP contribution in [0.15, 0.2) is 30.3 Å². The molecule has 1 rings (SSSR count). The Kier molecular flexibility index (Phi) is 3.97. The molecular weight excluding hydrogens is 215 g/mol. The van der Waals surface area contributed by atoms with Gasteiger partial charge in [-0.2, -0.15) is 13.2 Å². The molecular formula is C9H11ClF3N. The zero-order chi connectivity index (χ0) is 10.1. The lowest BCUT2D eigenvalue weighted by Gasteiger charge is -2.27. The first-order valence-electron chi connectivity index (χ1n) is 3.77. The standard InChI is InChI=1S/C9H10F3N.ClH/c1-8(13,9(10,11)12)7-5-3-2-4-6-7;/h2-6H,13H2,1H3;1H/t8-;/m0./s1. The van der Waals surface area contributed by atoms with Gasteiger partial charge in [-0.25, -0.2) is 0 Å². The second-order valence-electron chi connectivity index (χ2n) is 3.07. The van der Waals surface area contributed by atoms with Gasteiger partial charge in [-0.1, -0.05) is 30.3 Å². The maximum atomic E-state index is 12.4. The Labute approximate surface area is 86.5 Å². The van der Waals surface area contributed by atoms with Gasteiger partial charge < -0.3 is 5.73 Å². The van der Waals surface area contributed by atoms with Crippen molar-refractivity contribution in [3.05, 3.63) is 35.9 Å². The summed E-state index contributed by atoms with van der Waals surface area (Å²) in [6.07, 6.45) is -4.42. The lowest BCUT2D eigenvalue weighted by atomic mass is 9.93. The summed E-state index contributed by atoms with van der Waals surface area (Å²) in [6, 6.07) is 7.45. The first kappa shape index (κ1) is 13.3. The van der Waals surface area contributed by atoms with Crippen molar-refractivity contribution in [1.29, 1.82) is 0 Å². The fourth-order valence-corrected chi connectivity index (χ4v) is 0.948. The number of alkyl halides is 3. The van der Waals surface area contributed by atoms with E-state index in [0.29, 0.717) is 0 Å². The Morgan fingerprint density at radius 2 is 1.50 bits per heavy atom. The molecule has 2 N–H and O–H groups in total. The summed E-state index contributed by atoms with van der Waals surface area (Å²) in [5, 5.41) is 0. The van der Waals surface area contributed by atoms with E-state index in [1.807, 2.05) is 0 Å². The molecule has 1 nitrogen and oxygen atoms in total. The largest absolute Gasteiger partial charge is 0.410 e. The average molecular weight is 226 g/mol. The van der Waals surface area contributed by atoms with Crippen LogP contribution in [-0.4, -0.2) is 6.18 Å². The number of hydrogen-bond acceptors (Lipinski definition) is 1. The molecule has 1 aromatic carbocycles. The summed E-state index contributed by atoms with van der Waals surface area (Å²) < 4.78 is 37.2. The molecule has 0 aromatic heterocycles. The minimum Gasteiger partial charge on any atom is -0.314 e. The van der Waals surface area contributed by atoms with E-state index in [4.69, 9.17) is 5.73 Å². The van der Waals surface area contributed by atoms with Crippen LogP contribution < -0.4 is 5.73 Å². The zero-order valence-electron chi connectivity index (χ0n) is 7.51. The normalized spacial score (nSPS) is 15.5. The summed E-state index contributed by atoms with van der Waals surface area (Å²) in [4.78, 5) is 0. The van der Waals surface area contributed by atoms with Gasteiger partial charge in [0.15, 0.2) is 0 Å². The predicted octanol–water partition coefficient (Wildman–Crippen LogP) is 2.84. The molecule has 0 fully saturated rings. The van der Waals surface area contributed by atoms with Gasteiger partial charge in [-0.05, 0) is 12.5 Å². The van der Waals surface area contributed by atoms with Crippen LogP contribution in [0, 0.1) is 0 Å². The van der Waals surface area contributed by atoms with Crippen LogP contribution in [0.3, 0.4) is 0 Å². The Hall–Kier alpha value is -0.740. The lowest BCUT2D eigenvalue weighted by molar-refractivity contribution is -0.184. The van der Waals surface area contributed by atoms with E-state index in [-0.39, 0.29) is 18.0 Å². The molecule has 0 aliphatic heterocycles. The number of benzene rings is 1. The predicted molar refractivity (Wildman–Crippen MR) is 51.3 cm³/mol. The van der Waals surface area contributed by atoms with Crippen LogP contribution >= 0.6 is 12.4 Å². The summed E-state index contributed by atoms with van der Waals surface area (Å²) in [6.45, 7) is 0.961. The summed E-state index contributed by atoms with van der Waals surface area (Å²) in [7, 11) is 0. The first-order chi connectivity index (χ1) is 5.86. The van der Waals surface area contributed by atoms with Gasteiger partial charge >= 0.3 is 6.18 Å². The highest BCUT2D eigenvalue weighted by Gasteiger charge is 2.49. The SMILES string of the molecule is C[C@](N)(c1ccccc1)C(F)(F)F.Cl. The Bertz CT molecular complexity index is 282. The summed E-state index contributed by atoms with van der Waals surface area (Å²) in [5.41, 5.74) is 2.99. The number of halogens is 4. The van der Waals surface area contributed by atoms with Crippen LogP contribution in [0.25, 0.3) is 0 Å². The van der Waals surface area contributed by atoms with Crippen LogP contribution in [0.5, 0.6) is 0 Å². The molecule has 0 heterocycles. The Balaban J connectivity index is 0.00000169. The number of rotatable bonds is 1. The molecule has 1 atom stereocenters. The molecule has 14 heavy (non-hydrogen) atoms. The molecule has 80 valence electrons. The first-order valence-corrected chi connectivity index (χ1v) is 3.77. The number of nitrogens with two attached hydrogens (primary N) is 1. The van der Waals surface area contributed by atoms with Gasteiger partial charge in [0, 0.05) is 0 Å². The highest BCUT2D eigenvalue weighted by atomic mass is 35.5. The second kappa shape index (κ2) is 4.19. The second-order valence-corrected chi connectivity index (χ2v) is 3.07. The number of hydrogen-bond donors (Lipinski definition) is 1. The minimum absolute atomic E-state index is 0. The quantitative estimate of drug-likeness (QED) is 0.782. The van der Waals surface area contributed by atoms with Crippen LogP contribution in [0.4, 0.5) is 13.2 Å². The van der Waals surface area contributed by atoms with Crippen molar-refractivity contribution in [1.82, 2.24) is 0 Å². The van der Waals surface area contributed by atoms with E-state index in [0.717, 1.165) is 6.92 Å². The van der Waals surface area contributed by atoms with Crippen molar-refractivity contribution in [2.24, 2.45) is 5.73 Å². The molecule has 0 saturated heterocycles. The van der Waals surface area contributed by atoms with E-state index in [2.05, 4.69) is 0 Å². The van der Waals surface area contributed by atoms with E-state index in [1.54, 1.807) is 6.07 Å². The van der Waals surface area contributed by atoms with Crippen molar-refractivity contribution < 1.29 is 13.2 Å². The fraction of sp³-hybridized carbons (Fsp3) is 0.333. The molecule has 0 spiro atoms. The topological polar surface area (TPSA) is 26.0 Å². The maximum Gasteiger partial charge on any atom is 0.410 e. The van der Waals surface area contributed by atoms with E-state index in [9.17, 15) is 13.2 Å². The van der Waals surface area contributed by atoms with Crippen LogP contribution in [0.1, 0.15) is 12.5 Å². The van der Waals surface area contributed by atoms with E-state index in [1.165, 1.54) is 24.3 Å². The molecule has 0 aliphatic rings. The van der Waals surface area contributed by atoms with Crippen molar-refractivity contribution in [2.75, 3.05) is 0 Å². The molecule has 1 aromatic rings. The summed E-state index contributed by atoms with van der Waals surface area (Å²) in [5.74, 6) is 0. The average Bonchev–Trinajstić information content (AvgIpc) is 2.04. The van der Waals surface area contributed by atoms with E-state index < -0.39 is 11.7 Å². The van der Waals surface area contributed by atoms with Gasteiger partial charge in [-0.15, -0.1) is 12.4 Å². The van der Waals surface area contributed by atoms with Gasteiger partial charge in [-0.3, -0.25) is 0 Å². The summed E-state index contributed by atoms with van der Waals surface area (Å²) >= 11 is 0. The fourth-order valence-electron chi connectivity index (χ4n) is 0.948. The van der Waals surface area contributed by atoms with Gasteiger partial charge in [0.1, 0.15) is 5.54 Å². The van der Waals surface area contributed by atoms with Crippen molar-refractivity contribution in [3.8, 4) is 0 Å². The molecule has 0 saturated carbocycles. The zero-order valence-corrected chi connectivity index (χ0v) is 8.32. The van der Waals surface area contributed by atoms with Crippen molar-refractivity contribution >= 4 is 12.4 Å². The minimum atomic E-state index is -4.42. The van der Waals surface area contributed by atoms with Crippen molar-refractivity contribution in [2.45, 2.75) is 18.6 Å². The Morgan fingerprint density at radius 3 is 1.86 bits per heavy atom. The molecule has 0 radical (unpaired) electrons. The van der Waals surface area contributed by atoms with E-state index >= 15 is 0 Å². The maximum absolute atomic E-state index is 12.4. The van der Waals surface area contributed by atoms with Crippen LogP contribution in [-0.2, 0) is 5.54 Å². The molecule has 0 unspecified atom stereocenters. The molecule has 0 aliphatic carbocycles.